The molecule has 0 aliphatic carbocycles. The minimum absolute atomic E-state index is 0.319. The van der Waals surface area contributed by atoms with Gasteiger partial charge in [-0.2, -0.15) is 0 Å². The Kier molecular flexibility index (Phi) is 3.26. The van der Waals surface area contributed by atoms with E-state index in [0.717, 1.165) is 11.0 Å². The Hall–Kier alpha value is -1.99. The van der Waals surface area contributed by atoms with E-state index in [2.05, 4.69) is 41.1 Å². The summed E-state index contributed by atoms with van der Waals surface area (Å²) in [6, 6.07) is 7.48. The molecule has 3 nitrogen and oxygen atoms in total. The molecule has 0 aliphatic heterocycles. The zero-order chi connectivity index (χ0) is 13.2. The molecule has 0 bridgehead atoms. The predicted octanol–water partition coefficient (Wildman–Crippen LogP) is 2.67. The van der Waals surface area contributed by atoms with Gasteiger partial charge < -0.3 is 0 Å². The summed E-state index contributed by atoms with van der Waals surface area (Å²) in [4.78, 5) is 19.7. The lowest BCUT2D eigenvalue weighted by Gasteiger charge is -2.04. The van der Waals surface area contributed by atoms with Gasteiger partial charge in [0.25, 0.3) is 0 Å². The molecule has 0 aliphatic rings. The number of para-hydroxylation sites is 2. The number of aldehydes is 1. The van der Waals surface area contributed by atoms with Crippen molar-refractivity contribution in [2.75, 3.05) is 0 Å². The molecule has 0 saturated carbocycles. The highest BCUT2D eigenvalue weighted by atomic mass is 28.3. The van der Waals surface area contributed by atoms with Gasteiger partial charge in [-0.25, -0.2) is 9.97 Å². The van der Waals surface area contributed by atoms with Gasteiger partial charge in [-0.15, -0.1) is 5.54 Å². The van der Waals surface area contributed by atoms with E-state index in [1.54, 1.807) is 0 Å². The van der Waals surface area contributed by atoms with Gasteiger partial charge in [0.1, 0.15) is 19.5 Å². The van der Waals surface area contributed by atoms with Crippen molar-refractivity contribution in [2.24, 2.45) is 0 Å². The van der Waals surface area contributed by atoms with Crippen molar-refractivity contribution in [1.82, 2.24) is 9.97 Å². The molecule has 0 unspecified atom stereocenters. The smallest absolute Gasteiger partial charge is 0.171 e. The van der Waals surface area contributed by atoms with Crippen LogP contribution in [0.4, 0.5) is 0 Å². The van der Waals surface area contributed by atoms with Crippen LogP contribution < -0.4 is 0 Å². The molecule has 0 atom stereocenters. The van der Waals surface area contributed by atoms with E-state index in [-0.39, 0.29) is 0 Å². The van der Waals surface area contributed by atoms with Gasteiger partial charge in [0.05, 0.1) is 11.0 Å². The lowest BCUT2D eigenvalue weighted by molar-refractivity contribution is 0.111. The van der Waals surface area contributed by atoms with Crippen LogP contribution in [0.15, 0.2) is 24.3 Å². The predicted molar refractivity (Wildman–Crippen MR) is 75.1 cm³/mol. The minimum atomic E-state index is -1.49. The Morgan fingerprint density at radius 3 is 2.28 bits per heavy atom. The first kappa shape index (κ1) is 12.5. The van der Waals surface area contributed by atoms with E-state index in [9.17, 15) is 4.79 Å². The zero-order valence-corrected chi connectivity index (χ0v) is 11.7. The Bertz CT molecular complexity index is 663. The Morgan fingerprint density at radius 1 is 1.11 bits per heavy atom. The van der Waals surface area contributed by atoms with Gasteiger partial charge >= 0.3 is 0 Å². The van der Waals surface area contributed by atoms with Gasteiger partial charge in [-0.05, 0) is 12.1 Å². The fourth-order valence-electron chi connectivity index (χ4n) is 1.43. The number of rotatable bonds is 1. The van der Waals surface area contributed by atoms with Crippen molar-refractivity contribution < 1.29 is 4.79 Å². The average Bonchev–Trinajstić information content (AvgIpc) is 2.34. The molecule has 2 aromatic rings. The summed E-state index contributed by atoms with van der Waals surface area (Å²) in [6.07, 6.45) is 0.716. The van der Waals surface area contributed by atoms with E-state index in [0.29, 0.717) is 17.7 Å². The second-order valence-corrected chi connectivity index (χ2v) is 9.81. The number of carbonyl (C=O) groups excluding carboxylic acids is 1. The topological polar surface area (TPSA) is 42.9 Å². The van der Waals surface area contributed by atoms with E-state index in [1.165, 1.54) is 0 Å². The van der Waals surface area contributed by atoms with Gasteiger partial charge in [0, 0.05) is 0 Å². The summed E-state index contributed by atoms with van der Waals surface area (Å²) in [5.41, 5.74) is 5.49. The van der Waals surface area contributed by atoms with Crippen molar-refractivity contribution in [3.63, 3.8) is 0 Å². The fraction of sp³-hybridized carbons (Fsp3) is 0.214. The van der Waals surface area contributed by atoms with Gasteiger partial charge in [0.15, 0.2) is 6.29 Å². The maximum atomic E-state index is 11.0. The van der Waals surface area contributed by atoms with E-state index in [1.807, 2.05) is 24.3 Å². The summed E-state index contributed by atoms with van der Waals surface area (Å²) in [7, 11) is -1.49. The lowest BCUT2D eigenvalue weighted by Crippen LogP contribution is -2.16. The van der Waals surface area contributed by atoms with Crippen molar-refractivity contribution in [2.45, 2.75) is 19.6 Å². The Balaban J connectivity index is 2.61. The second-order valence-electron chi connectivity index (χ2n) is 5.06. The quantitative estimate of drug-likeness (QED) is 0.446. The molecular formula is C14H14N2OSi. The monoisotopic (exact) mass is 254 g/mol. The highest BCUT2D eigenvalue weighted by Crippen LogP contribution is 2.11. The second kappa shape index (κ2) is 4.71. The lowest BCUT2D eigenvalue weighted by atomic mass is 10.2. The van der Waals surface area contributed by atoms with E-state index in [4.69, 9.17) is 0 Å². The molecule has 0 fully saturated rings. The molecule has 0 amide bonds. The molecule has 1 aromatic carbocycles. The summed E-state index contributed by atoms with van der Waals surface area (Å²) < 4.78 is 0. The largest absolute Gasteiger partial charge is 0.296 e. The first-order valence-electron chi connectivity index (χ1n) is 5.75. The highest BCUT2D eigenvalue weighted by molar-refractivity contribution is 6.83. The van der Waals surface area contributed by atoms with Crippen LogP contribution in [0.3, 0.4) is 0 Å². The standard InChI is InChI=1S/C14H14N2OSi/c1-18(2,3)9-8-13-14(10-17)16-12-7-5-4-6-11(12)15-13/h4-7,10H,1-3H3. The van der Waals surface area contributed by atoms with Crippen molar-refractivity contribution in [1.29, 1.82) is 0 Å². The average molecular weight is 254 g/mol. The summed E-state index contributed by atoms with van der Waals surface area (Å²) >= 11 is 0. The van der Waals surface area contributed by atoms with Crippen LogP contribution in [-0.2, 0) is 0 Å². The number of fused-ring (bicyclic) bond motifs is 1. The van der Waals surface area contributed by atoms with Crippen LogP contribution >= 0.6 is 0 Å². The molecule has 1 aromatic heterocycles. The Labute approximate surface area is 107 Å². The number of carbonyl (C=O) groups is 1. The maximum Gasteiger partial charge on any atom is 0.171 e. The third-order valence-electron chi connectivity index (χ3n) is 2.27. The maximum absolute atomic E-state index is 11.0. The number of hydrogen-bond acceptors (Lipinski definition) is 3. The molecule has 18 heavy (non-hydrogen) atoms. The highest BCUT2D eigenvalue weighted by Gasteiger charge is 2.10. The molecule has 0 N–H and O–H groups in total. The number of benzene rings is 1. The summed E-state index contributed by atoms with van der Waals surface area (Å²) in [5.74, 6) is 3.00. The fourth-order valence-corrected chi connectivity index (χ4v) is 1.93. The third-order valence-corrected chi connectivity index (χ3v) is 3.14. The molecule has 4 heteroatoms. The van der Waals surface area contributed by atoms with Crippen LogP contribution in [0.25, 0.3) is 11.0 Å². The van der Waals surface area contributed by atoms with Gasteiger partial charge in [-0.3, -0.25) is 4.79 Å². The van der Waals surface area contributed by atoms with Gasteiger partial charge in [-0.1, -0.05) is 37.7 Å². The SMILES string of the molecule is C[Si](C)(C)C#Cc1nc2ccccc2nc1C=O. The minimum Gasteiger partial charge on any atom is -0.296 e. The van der Waals surface area contributed by atoms with Crippen LogP contribution in [0.5, 0.6) is 0 Å². The van der Waals surface area contributed by atoms with Crippen molar-refractivity contribution in [3.8, 4) is 11.5 Å². The molecule has 2 rings (SSSR count). The van der Waals surface area contributed by atoms with Crippen LogP contribution in [0, 0.1) is 11.5 Å². The molecular weight excluding hydrogens is 240 g/mol. The van der Waals surface area contributed by atoms with Gasteiger partial charge in [0.2, 0.25) is 0 Å². The van der Waals surface area contributed by atoms with Crippen LogP contribution in [0.1, 0.15) is 16.2 Å². The summed E-state index contributed by atoms with van der Waals surface area (Å²) in [5, 5.41) is 0. The molecule has 0 radical (unpaired) electrons. The number of aromatic nitrogens is 2. The third kappa shape index (κ3) is 2.82. The van der Waals surface area contributed by atoms with E-state index < -0.39 is 8.07 Å². The zero-order valence-electron chi connectivity index (χ0n) is 10.7. The van der Waals surface area contributed by atoms with Crippen LogP contribution in [0.2, 0.25) is 19.6 Å². The Morgan fingerprint density at radius 2 is 1.72 bits per heavy atom. The van der Waals surface area contributed by atoms with E-state index >= 15 is 0 Å². The first-order chi connectivity index (χ1) is 8.49. The molecule has 0 spiro atoms. The normalized spacial score (nSPS) is 10.8. The van der Waals surface area contributed by atoms with Crippen molar-refractivity contribution >= 4 is 25.4 Å². The molecule has 90 valence electrons. The van der Waals surface area contributed by atoms with Crippen molar-refractivity contribution in [3.05, 3.63) is 35.7 Å². The molecule has 0 saturated heterocycles. The summed E-state index contributed by atoms with van der Waals surface area (Å²) in [6.45, 7) is 6.44. The number of nitrogens with zero attached hydrogens (tertiary/aromatic N) is 2. The molecule has 1 heterocycles. The van der Waals surface area contributed by atoms with Crippen LogP contribution in [-0.4, -0.2) is 24.3 Å². The first-order valence-corrected chi connectivity index (χ1v) is 9.25. The number of hydrogen-bond donors (Lipinski definition) is 0.